The second kappa shape index (κ2) is 7.30. The predicted molar refractivity (Wildman–Crippen MR) is 78.4 cm³/mol. The molecule has 0 aliphatic heterocycles. The van der Waals surface area contributed by atoms with Crippen LogP contribution in [0.15, 0.2) is 30.3 Å². The third-order valence-electron chi connectivity index (χ3n) is 3.38. The zero-order valence-electron chi connectivity index (χ0n) is 12.4. The quantitative estimate of drug-likeness (QED) is 0.221. The first-order valence-corrected chi connectivity index (χ1v) is 7.98. The number of hydrogen-bond acceptors (Lipinski definition) is 0. The second-order valence-electron chi connectivity index (χ2n) is 5.42. The third kappa shape index (κ3) is 4.19. The molecule has 0 heterocycles. The summed E-state index contributed by atoms with van der Waals surface area (Å²) < 4.78 is 140. The lowest BCUT2D eigenvalue weighted by Crippen LogP contribution is -2.66. The monoisotopic (exact) mass is 514 g/mol. The van der Waals surface area contributed by atoms with Crippen molar-refractivity contribution in [3.05, 3.63) is 35.9 Å². The Balaban J connectivity index is 3.07. The van der Waals surface area contributed by atoms with Crippen LogP contribution in [0.2, 0.25) is 0 Å². The molecule has 1 aromatic carbocycles. The predicted octanol–water partition coefficient (Wildman–Crippen LogP) is 6.53. The van der Waals surface area contributed by atoms with E-state index in [9.17, 15) is 48.3 Å². The molecule has 1 aromatic rings. The molecule has 0 amide bonds. The first-order chi connectivity index (χ1) is 11.5. The van der Waals surface area contributed by atoms with E-state index < -0.39 is 40.2 Å². The van der Waals surface area contributed by atoms with Crippen LogP contribution in [0.1, 0.15) is 12.0 Å². The Labute approximate surface area is 153 Å². The summed E-state index contributed by atoms with van der Waals surface area (Å²) in [6.45, 7) is 0. The van der Waals surface area contributed by atoms with Crippen molar-refractivity contribution in [1.82, 2.24) is 0 Å². The zero-order valence-corrected chi connectivity index (χ0v) is 14.6. The van der Waals surface area contributed by atoms with Crippen LogP contribution in [0.3, 0.4) is 0 Å². The number of rotatable bonds is 7. The van der Waals surface area contributed by atoms with Crippen molar-refractivity contribution >= 4 is 22.6 Å². The Morgan fingerprint density at radius 2 is 1.15 bits per heavy atom. The fourth-order valence-corrected chi connectivity index (χ4v) is 3.01. The summed E-state index contributed by atoms with van der Waals surface area (Å²) >= 11 is 1.21. The standard InChI is InChI=1S/C14H10F11I/c15-10(16,7-9(26)6-8-4-2-1-3-5-8)11(17,18)12(19,20)13(21,22)14(23,24)25/h1-5,9H,6-7H2. The van der Waals surface area contributed by atoms with Gasteiger partial charge in [-0.05, 0) is 12.0 Å². The maximum absolute atomic E-state index is 13.6. The smallest absolute Gasteiger partial charge is 0.200 e. The first kappa shape index (κ1) is 23.2. The maximum Gasteiger partial charge on any atom is 0.460 e. The average Bonchev–Trinajstić information content (AvgIpc) is 2.45. The van der Waals surface area contributed by atoms with E-state index in [0.29, 0.717) is 5.56 Å². The molecular formula is C14H10F11I. The van der Waals surface area contributed by atoms with Crippen LogP contribution < -0.4 is 0 Å². The highest BCUT2D eigenvalue weighted by Crippen LogP contribution is 2.58. The minimum absolute atomic E-state index is 0.311. The van der Waals surface area contributed by atoms with Crippen molar-refractivity contribution in [2.75, 3.05) is 0 Å². The summed E-state index contributed by atoms with van der Waals surface area (Å²) in [5, 5.41) is 0. The molecule has 0 spiro atoms. The number of benzene rings is 1. The van der Waals surface area contributed by atoms with Gasteiger partial charge < -0.3 is 0 Å². The Hall–Kier alpha value is -0.820. The Morgan fingerprint density at radius 1 is 0.692 bits per heavy atom. The molecule has 0 saturated carbocycles. The van der Waals surface area contributed by atoms with Crippen LogP contribution in [0.5, 0.6) is 0 Å². The third-order valence-corrected chi connectivity index (χ3v) is 4.26. The van der Waals surface area contributed by atoms with Gasteiger partial charge in [-0.3, -0.25) is 0 Å². The van der Waals surface area contributed by atoms with Crippen molar-refractivity contribution in [1.29, 1.82) is 0 Å². The summed E-state index contributed by atoms with van der Waals surface area (Å²) in [5.74, 6) is -27.4. The van der Waals surface area contributed by atoms with Gasteiger partial charge in [-0.2, -0.15) is 48.3 Å². The van der Waals surface area contributed by atoms with Gasteiger partial charge in [-0.25, -0.2) is 0 Å². The van der Waals surface area contributed by atoms with E-state index in [1.165, 1.54) is 46.9 Å². The average molecular weight is 514 g/mol. The number of hydrogen-bond donors (Lipinski definition) is 0. The number of alkyl halides is 12. The number of halogens is 12. The van der Waals surface area contributed by atoms with Gasteiger partial charge in [0.1, 0.15) is 0 Å². The van der Waals surface area contributed by atoms with Gasteiger partial charge in [0.05, 0.1) is 0 Å². The van der Waals surface area contributed by atoms with Gasteiger partial charge >= 0.3 is 29.9 Å². The van der Waals surface area contributed by atoms with Crippen LogP contribution in [0.4, 0.5) is 48.3 Å². The fourth-order valence-electron chi connectivity index (χ4n) is 1.95. The molecule has 26 heavy (non-hydrogen) atoms. The molecule has 0 aromatic heterocycles. The van der Waals surface area contributed by atoms with E-state index in [1.807, 2.05) is 0 Å². The normalized spacial score (nSPS) is 15.8. The lowest BCUT2D eigenvalue weighted by atomic mass is 9.94. The molecule has 150 valence electrons. The summed E-state index contributed by atoms with van der Waals surface area (Å²) in [5.41, 5.74) is 0.360. The van der Waals surface area contributed by atoms with E-state index in [0.717, 1.165) is 0 Å². The lowest BCUT2D eigenvalue weighted by Gasteiger charge is -2.37. The molecule has 0 bridgehead atoms. The zero-order chi connectivity index (χ0) is 20.6. The molecular weight excluding hydrogens is 504 g/mol. The van der Waals surface area contributed by atoms with Crippen molar-refractivity contribution in [3.63, 3.8) is 0 Å². The van der Waals surface area contributed by atoms with Gasteiger partial charge in [0, 0.05) is 10.3 Å². The van der Waals surface area contributed by atoms with Crippen molar-refractivity contribution < 1.29 is 48.3 Å². The maximum atomic E-state index is 13.6. The molecule has 0 N–H and O–H groups in total. The van der Waals surface area contributed by atoms with Crippen LogP contribution in [-0.2, 0) is 6.42 Å². The van der Waals surface area contributed by atoms with Gasteiger partial charge in [0.2, 0.25) is 0 Å². The Kier molecular flexibility index (Phi) is 6.52. The molecule has 1 rings (SSSR count). The molecule has 0 saturated heterocycles. The molecule has 12 heteroatoms. The molecule has 0 radical (unpaired) electrons. The largest absolute Gasteiger partial charge is 0.460 e. The topological polar surface area (TPSA) is 0 Å². The van der Waals surface area contributed by atoms with Crippen molar-refractivity contribution in [2.24, 2.45) is 0 Å². The molecule has 0 aliphatic rings. The Bertz CT molecular complexity index is 595. The molecule has 0 fully saturated rings. The van der Waals surface area contributed by atoms with Crippen LogP contribution in [0, 0.1) is 0 Å². The lowest BCUT2D eigenvalue weighted by molar-refractivity contribution is -0.422. The van der Waals surface area contributed by atoms with Crippen LogP contribution in [0.25, 0.3) is 0 Å². The van der Waals surface area contributed by atoms with Gasteiger partial charge in [0.25, 0.3) is 0 Å². The van der Waals surface area contributed by atoms with Crippen LogP contribution in [-0.4, -0.2) is 33.8 Å². The van der Waals surface area contributed by atoms with Crippen molar-refractivity contribution in [3.8, 4) is 0 Å². The Morgan fingerprint density at radius 3 is 1.58 bits per heavy atom. The molecule has 1 unspecified atom stereocenters. The summed E-state index contributed by atoms with van der Waals surface area (Å²) in [6.07, 6.45) is -9.48. The van der Waals surface area contributed by atoms with E-state index in [4.69, 9.17) is 0 Å². The SMILES string of the molecule is FC(F)(F)C(F)(F)C(F)(F)C(F)(F)C(F)(F)CC(I)Cc1ccccc1. The van der Waals surface area contributed by atoms with E-state index >= 15 is 0 Å². The first-order valence-electron chi connectivity index (χ1n) is 6.73. The highest BCUT2D eigenvalue weighted by molar-refractivity contribution is 14.1. The minimum Gasteiger partial charge on any atom is -0.200 e. The second-order valence-corrected chi connectivity index (χ2v) is 7.18. The minimum atomic E-state index is -7.34. The summed E-state index contributed by atoms with van der Waals surface area (Å²) in [6, 6.07) is 7.32. The van der Waals surface area contributed by atoms with E-state index in [-0.39, 0.29) is 6.42 Å². The van der Waals surface area contributed by atoms with Gasteiger partial charge in [-0.1, -0.05) is 52.9 Å². The van der Waals surface area contributed by atoms with E-state index in [2.05, 4.69) is 0 Å². The molecule has 0 nitrogen and oxygen atoms in total. The summed E-state index contributed by atoms with van der Waals surface area (Å²) in [7, 11) is 0. The fraction of sp³-hybridized carbons (Fsp3) is 0.571. The molecule has 1 atom stereocenters. The van der Waals surface area contributed by atoms with Crippen LogP contribution >= 0.6 is 22.6 Å². The molecule has 0 aliphatic carbocycles. The van der Waals surface area contributed by atoms with E-state index in [1.54, 1.807) is 6.07 Å². The summed E-state index contributed by atoms with van der Waals surface area (Å²) in [4.78, 5) is 0. The highest BCUT2D eigenvalue weighted by atomic mass is 127. The van der Waals surface area contributed by atoms with Gasteiger partial charge in [0.15, 0.2) is 0 Å². The van der Waals surface area contributed by atoms with Crippen molar-refractivity contribution in [2.45, 2.75) is 46.6 Å². The van der Waals surface area contributed by atoms with Gasteiger partial charge in [-0.15, -0.1) is 0 Å². The highest BCUT2D eigenvalue weighted by Gasteiger charge is 2.86.